The zero-order valence-corrected chi connectivity index (χ0v) is 14.8. The van der Waals surface area contributed by atoms with Crippen LogP contribution in [0.4, 0.5) is 5.69 Å². The molecule has 0 atom stereocenters. The van der Waals surface area contributed by atoms with Gasteiger partial charge in [0.1, 0.15) is 11.4 Å². The van der Waals surface area contributed by atoms with Crippen LogP contribution >= 0.6 is 0 Å². The Morgan fingerprint density at radius 2 is 1.65 bits per heavy atom. The van der Waals surface area contributed by atoms with Gasteiger partial charge in [-0.3, -0.25) is 14.6 Å². The van der Waals surface area contributed by atoms with E-state index in [2.05, 4.69) is 15.3 Å². The van der Waals surface area contributed by atoms with Gasteiger partial charge in [-0.05, 0) is 38.1 Å². The number of pyridine rings is 2. The highest BCUT2D eigenvalue weighted by molar-refractivity contribution is 6.07. The van der Waals surface area contributed by atoms with Gasteiger partial charge in [-0.25, -0.2) is 4.98 Å². The number of fused-ring (bicyclic) bond motifs is 1. The molecule has 6 nitrogen and oxygen atoms in total. The van der Waals surface area contributed by atoms with Crippen LogP contribution in [0, 0.1) is 0 Å². The van der Waals surface area contributed by atoms with Crippen molar-refractivity contribution in [2.75, 3.05) is 18.4 Å². The monoisotopic (exact) mass is 348 g/mol. The Morgan fingerprint density at radius 1 is 0.962 bits per heavy atom. The summed E-state index contributed by atoms with van der Waals surface area (Å²) >= 11 is 0. The summed E-state index contributed by atoms with van der Waals surface area (Å²) in [5.74, 6) is -0.561. The molecule has 1 aromatic carbocycles. The molecule has 2 aromatic heterocycles. The van der Waals surface area contributed by atoms with Crippen LogP contribution in [0.1, 0.15) is 34.8 Å². The molecule has 0 fully saturated rings. The lowest BCUT2D eigenvalue weighted by atomic mass is 10.2. The first-order valence-corrected chi connectivity index (χ1v) is 8.55. The maximum absolute atomic E-state index is 12.6. The molecule has 0 saturated carbocycles. The number of amides is 2. The summed E-state index contributed by atoms with van der Waals surface area (Å²) in [4.78, 5) is 35.3. The number of carbonyl (C=O) groups excluding carboxylic acids is 2. The summed E-state index contributed by atoms with van der Waals surface area (Å²) < 4.78 is 0. The van der Waals surface area contributed by atoms with Gasteiger partial charge in [0.15, 0.2) is 0 Å². The normalized spacial score (nSPS) is 10.5. The fourth-order valence-corrected chi connectivity index (χ4v) is 2.74. The topological polar surface area (TPSA) is 75.2 Å². The summed E-state index contributed by atoms with van der Waals surface area (Å²) in [7, 11) is 0. The Kier molecular flexibility index (Phi) is 5.22. The van der Waals surface area contributed by atoms with E-state index < -0.39 is 0 Å². The molecule has 0 unspecified atom stereocenters. The number of benzene rings is 1. The van der Waals surface area contributed by atoms with Crippen LogP contribution in [0.3, 0.4) is 0 Å². The van der Waals surface area contributed by atoms with Gasteiger partial charge in [-0.2, -0.15) is 0 Å². The van der Waals surface area contributed by atoms with Crippen molar-refractivity contribution in [2.45, 2.75) is 13.8 Å². The lowest BCUT2D eigenvalue weighted by Gasteiger charge is -2.18. The van der Waals surface area contributed by atoms with Gasteiger partial charge >= 0.3 is 0 Å². The molecule has 6 heteroatoms. The van der Waals surface area contributed by atoms with Gasteiger partial charge in [0.05, 0.1) is 11.2 Å². The summed E-state index contributed by atoms with van der Waals surface area (Å²) in [6.45, 7) is 5.00. The molecular formula is C20H20N4O2. The van der Waals surface area contributed by atoms with Crippen LogP contribution in [-0.4, -0.2) is 39.8 Å². The number of para-hydroxylation sites is 1. The second-order valence-corrected chi connectivity index (χ2v) is 5.72. The van der Waals surface area contributed by atoms with Crippen LogP contribution < -0.4 is 5.32 Å². The first kappa shape index (κ1) is 17.5. The fourth-order valence-electron chi connectivity index (χ4n) is 2.74. The minimum atomic E-state index is -0.377. The number of rotatable bonds is 5. The van der Waals surface area contributed by atoms with Crippen molar-refractivity contribution in [3.8, 4) is 0 Å². The Labute approximate surface area is 151 Å². The molecule has 0 radical (unpaired) electrons. The molecule has 3 rings (SSSR count). The average Bonchev–Trinajstić information content (AvgIpc) is 2.69. The van der Waals surface area contributed by atoms with Crippen molar-refractivity contribution >= 4 is 28.4 Å². The second kappa shape index (κ2) is 7.74. The van der Waals surface area contributed by atoms with Gasteiger partial charge in [-0.15, -0.1) is 0 Å². The van der Waals surface area contributed by atoms with E-state index in [4.69, 9.17) is 0 Å². The Morgan fingerprint density at radius 3 is 2.42 bits per heavy atom. The maximum atomic E-state index is 12.6. The average molecular weight is 348 g/mol. The third-order valence-electron chi connectivity index (χ3n) is 4.13. The molecule has 0 aliphatic rings. The van der Waals surface area contributed by atoms with Gasteiger partial charge in [-0.1, -0.05) is 24.3 Å². The lowest BCUT2D eigenvalue weighted by Crippen LogP contribution is -2.31. The molecule has 2 amide bonds. The highest BCUT2D eigenvalue weighted by Gasteiger charge is 2.17. The van der Waals surface area contributed by atoms with Gasteiger partial charge in [0, 0.05) is 24.7 Å². The number of hydrogen-bond donors (Lipinski definition) is 1. The molecule has 0 spiro atoms. The van der Waals surface area contributed by atoms with E-state index in [1.54, 1.807) is 35.4 Å². The highest BCUT2D eigenvalue weighted by atomic mass is 16.2. The summed E-state index contributed by atoms with van der Waals surface area (Å²) in [6.07, 6.45) is 1.68. The van der Waals surface area contributed by atoms with E-state index in [1.807, 2.05) is 38.1 Å². The largest absolute Gasteiger partial charge is 0.338 e. The zero-order valence-electron chi connectivity index (χ0n) is 14.8. The Balaban J connectivity index is 1.86. The van der Waals surface area contributed by atoms with Gasteiger partial charge in [0.2, 0.25) is 0 Å². The summed E-state index contributed by atoms with van der Waals surface area (Å²) in [6, 6.07) is 14.2. The second-order valence-electron chi connectivity index (χ2n) is 5.72. The first-order valence-electron chi connectivity index (χ1n) is 8.55. The molecule has 1 N–H and O–H groups in total. The van der Waals surface area contributed by atoms with Crippen LogP contribution in [0.5, 0.6) is 0 Å². The SMILES string of the molecule is CCN(CC)C(=O)c1cccc(C(=O)Nc2cccc3cccnc23)n1. The minimum absolute atomic E-state index is 0.184. The molecule has 0 aliphatic carbocycles. The van der Waals surface area contributed by atoms with Crippen molar-refractivity contribution in [3.05, 3.63) is 66.1 Å². The van der Waals surface area contributed by atoms with Gasteiger partial charge < -0.3 is 10.2 Å². The molecule has 26 heavy (non-hydrogen) atoms. The molecular weight excluding hydrogens is 328 g/mol. The predicted molar refractivity (Wildman–Crippen MR) is 101 cm³/mol. The summed E-state index contributed by atoms with van der Waals surface area (Å²) in [5.41, 5.74) is 1.77. The van der Waals surface area contributed by atoms with Crippen molar-refractivity contribution < 1.29 is 9.59 Å². The molecule has 0 saturated heterocycles. The summed E-state index contributed by atoms with van der Waals surface area (Å²) in [5, 5.41) is 3.77. The number of nitrogens with one attached hydrogen (secondary N) is 1. The number of carbonyl (C=O) groups is 2. The number of hydrogen-bond acceptors (Lipinski definition) is 4. The van der Waals surface area contributed by atoms with Crippen LogP contribution in [0.2, 0.25) is 0 Å². The first-order chi connectivity index (χ1) is 12.6. The van der Waals surface area contributed by atoms with Gasteiger partial charge in [0.25, 0.3) is 11.8 Å². The zero-order chi connectivity index (χ0) is 18.5. The van der Waals surface area contributed by atoms with E-state index in [-0.39, 0.29) is 23.2 Å². The van der Waals surface area contributed by atoms with E-state index in [9.17, 15) is 9.59 Å². The Bertz CT molecular complexity index is 946. The van der Waals surface area contributed by atoms with E-state index in [1.165, 1.54) is 0 Å². The van der Waals surface area contributed by atoms with Crippen LogP contribution in [0.15, 0.2) is 54.7 Å². The maximum Gasteiger partial charge on any atom is 0.274 e. The van der Waals surface area contributed by atoms with Crippen LogP contribution in [-0.2, 0) is 0 Å². The molecule has 2 heterocycles. The molecule has 0 bridgehead atoms. The predicted octanol–water partition coefficient (Wildman–Crippen LogP) is 3.36. The third-order valence-corrected chi connectivity index (χ3v) is 4.13. The highest BCUT2D eigenvalue weighted by Crippen LogP contribution is 2.21. The van der Waals surface area contributed by atoms with E-state index in [0.717, 1.165) is 5.39 Å². The lowest BCUT2D eigenvalue weighted by molar-refractivity contribution is 0.0767. The fraction of sp³-hybridized carbons (Fsp3) is 0.200. The standard InChI is InChI=1S/C20H20N4O2/c1-3-24(4-2)20(26)17-12-6-11-16(22-17)19(25)23-15-10-5-8-14-9-7-13-21-18(14)15/h5-13H,3-4H2,1-2H3,(H,23,25). The molecule has 3 aromatic rings. The van der Waals surface area contributed by atoms with Crippen LogP contribution in [0.25, 0.3) is 10.9 Å². The minimum Gasteiger partial charge on any atom is -0.338 e. The van der Waals surface area contributed by atoms with Crippen molar-refractivity contribution in [3.63, 3.8) is 0 Å². The Hall–Kier alpha value is -3.28. The third kappa shape index (κ3) is 3.54. The van der Waals surface area contributed by atoms with Crippen molar-refractivity contribution in [1.82, 2.24) is 14.9 Å². The number of aromatic nitrogens is 2. The van der Waals surface area contributed by atoms with Crippen molar-refractivity contribution in [1.29, 1.82) is 0 Å². The molecule has 0 aliphatic heterocycles. The quantitative estimate of drug-likeness (QED) is 0.767. The number of anilines is 1. The number of nitrogens with zero attached hydrogens (tertiary/aromatic N) is 3. The van der Waals surface area contributed by atoms with Crippen molar-refractivity contribution in [2.24, 2.45) is 0 Å². The van der Waals surface area contributed by atoms with E-state index in [0.29, 0.717) is 24.3 Å². The smallest absolute Gasteiger partial charge is 0.274 e. The molecule has 132 valence electrons. The van der Waals surface area contributed by atoms with E-state index >= 15 is 0 Å².